The minimum atomic E-state index is 0.348. The van der Waals surface area contributed by atoms with E-state index < -0.39 is 0 Å². The predicted octanol–water partition coefficient (Wildman–Crippen LogP) is 3.05. The molecule has 2 saturated heterocycles. The first kappa shape index (κ1) is 14.1. The maximum Gasteiger partial charge on any atom is 0.165 e. The van der Waals surface area contributed by atoms with Crippen LogP contribution in [-0.2, 0) is 0 Å². The maximum absolute atomic E-state index is 6.35. The Morgan fingerprint density at radius 3 is 2.75 bits per heavy atom. The van der Waals surface area contributed by atoms with Crippen LogP contribution < -0.4 is 14.8 Å². The first-order chi connectivity index (χ1) is 9.88. The highest BCUT2D eigenvalue weighted by Gasteiger charge is 2.25. The van der Waals surface area contributed by atoms with Gasteiger partial charge in [-0.25, -0.2) is 0 Å². The summed E-state index contributed by atoms with van der Waals surface area (Å²) in [5.41, 5.74) is 1.31. The molecule has 1 unspecified atom stereocenters. The van der Waals surface area contributed by atoms with Gasteiger partial charge in [-0.3, -0.25) is 0 Å². The van der Waals surface area contributed by atoms with E-state index in [4.69, 9.17) is 9.47 Å². The number of rotatable bonds is 4. The summed E-state index contributed by atoms with van der Waals surface area (Å²) in [6.45, 7) is 2.14. The molecule has 2 aliphatic rings. The number of methoxy groups -OCH3 is 1. The standard InChI is InChI=1S/C16H23NO2S/c1-18-15-4-2-3-14(12-5-8-17-11-12)16(15)19-13-6-9-20-10-7-13/h2-4,12-13,17H,5-11H2,1H3. The molecule has 1 N–H and O–H groups in total. The molecule has 1 atom stereocenters. The number of nitrogens with one attached hydrogen (secondary N) is 1. The van der Waals surface area contributed by atoms with E-state index in [2.05, 4.69) is 17.4 Å². The lowest BCUT2D eigenvalue weighted by Crippen LogP contribution is -2.23. The molecule has 1 aromatic carbocycles. The molecule has 20 heavy (non-hydrogen) atoms. The van der Waals surface area contributed by atoms with Crippen molar-refractivity contribution in [2.45, 2.75) is 31.3 Å². The summed E-state index contributed by atoms with van der Waals surface area (Å²) in [6, 6.07) is 6.29. The molecular weight excluding hydrogens is 270 g/mol. The normalized spacial score (nSPS) is 23.8. The van der Waals surface area contributed by atoms with Crippen LogP contribution in [0, 0.1) is 0 Å². The Hall–Kier alpha value is -0.870. The van der Waals surface area contributed by atoms with Gasteiger partial charge in [0.1, 0.15) is 6.10 Å². The van der Waals surface area contributed by atoms with Crippen molar-refractivity contribution in [3.05, 3.63) is 23.8 Å². The zero-order chi connectivity index (χ0) is 13.8. The quantitative estimate of drug-likeness (QED) is 0.924. The summed E-state index contributed by atoms with van der Waals surface area (Å²) in [5.74, 6) is 4.84. The summed E-state index contributed by atoms with van der Waals surface area (Å²) in [6.07, 6.45) is 3.82. The van der Waals surface area contributed by atoms with Gasteiger partial charge in [-0.2, -0.15) is 11.8 Å². The Kier molecular flexibility index (Phi) is 4.73. The van der Waals surface area contributed by atoms with Crippen molar-refractivity contribution < 1.29 is 9.47 Å². The van der Waals surface area contributed by atoms with E-state index in [-0.39, 0.29) is 0 Å². The average Bonchev–Trinajstić information content (AvgIpc) is 3.02. The lowest BCUT2D eigenvalue weighted by molar-refractivity contribution is 0.182. The van der Waals surface area contributed by atoms with Gasteiger partial charge in [0.05, 0.1) is 7.11 Å². The van der Waals surface area contributed by atoms with Gasteiger partial charge in [0.25, 0.3) is 0 Å². The molecule has 0 radical (unpaired) electrons. The monoisotopic (exact) mass is 293 g/mol. The number of hydrogen-bond donors (Lipinski definition) is 1. The highest BCUT2D eigenvalue weighted by molar-refractivity contribution is 7.99. The van der Waals surface area contributed by atoms with E-state index in [0.717, 1.165) is 37.4 Å². The number of thioether (sulfide) groups is 1. The van der Waals surface area contributed by atoms with E-state index in [1.54, 1.807) is 7.11 Å². The molecule has 110 valence electrons. The van der Waals surface area contributed by atoms with Gasteiger partial charge in [0.2, 0.25) is 0 Å². The van der Waals surface area contributed by atoms with Gasteiger partial charge >= 0.3 is 0 Å². The van der Waals surface area contributed by atoms with Crippen LogP contribution in [0.5, 0.6) is 11.5 Å². The number of ether oxygens (including phenoxy) is 2. The van der Waals surface area contributed by atoms with E-state index >= 15 is 0 Å². The van der Waals surface area contributed by atoms with Gasteiger partial charge in [0, 0.05) is 18.0 Å². The molecule has 1 aromatic rings. The fourth-order valence-electron chi connectivity index (χ4n) is 3.02. The molecular formula is C16H23NO2S. The van der Waals surface area contributed by atoms with Crippen LogP contribution >= 0.6 is 11.8 Å². The van der Waals surface area contributed by atoms with E-state index in [0.29, 0.717) is 12.0 Å². The minimum Gasteiger partial charge on any atom is -0.493 e. The largest absolute Gasteiger partial charge is 0.493 e. The molecule has 0 aromatic heterocycles. The number of para-hydroxylation sites is 1. The Morgan fingerprint density at radius 2 is 2.05 bits per heavy atom. The third-order valence-corrected chi connectivity index (χ3v) is 5.23. The third-order valence-electron chi connectivity index (χ3n) is 4.18. The van der Waals surface area contributed by atoms with Gasteiger partial charge < -0.3 is 14.8 Å². The van der Waals surface area contributed by atoms with E-state index in [1.165, 1.54) is 23.5 Å². The van der Waals surface area contributed by atoms with Crippen molar-refractivity contribution in [2.24, 2.45) is 0 Å². The summed E-state index contributed by atoms with van der Waals surface area (Å²) >= 11 is 2.03. The molecule has 3 rings (SSSR count). The Labute approximate surface area is 125 Å². The summed E-state index contributed by atoms with van der Waals surface area (Å²) in [7, 11) is 1.73. The molecule has 3 nitrogen and oxygen atoms in total. The highest BCUT2D eigenvalue weighted by Crippen LogP contribution is 2.39. The Bertz CT molecular complexity index is 440. The fourth-order valence-corrected chi connectivity index (χ4v) is 4.08. The Balaban J connectivity index is 1.84. The topological polar surface area (TPSA) is 30.5 Å². The average molecular weight is 293 g/mol. The van der Waals surface area contributed by atoms with Crippen LogP contribution in [0.25, 0.3) is 0 Å². The second-order valence-corrected chi connectivity index (χ2v) is 6.72. The molecule has 0 saturated carbocycles. The minimum absolute atomic E-state index is 0.348. The van der Waals surface area contributed by atoms with Gasteiger partial charge in [0.15, 0.2) is 11.5 Å². The molecule has 2 aliphatic heterocycles. The van der Waals surface area contributed by atoms with Crippen LogP contribution in [0.2, 0.25) is 0 Å². The number of hydrogen-bond acceptors (Lipinski definition) is 4. The molecule has 0 bridgehead atoms. The van der Waals surface area contributed by atoms with Crippen molar-refractivity contribution >= 4 is 11.8 Å². The van der Waals surface area contributed by atoms with E-state index in [9.17, 15) is 0 Å². The van der Waals surface area contributed by atoms with Crippen LogP contribution in [0.1, 0.15) is 30.7 Å². The van der Waals surface area contributed by atoms with E-state index in [1.807, 2.05) is 17.8 Å². The Morgan fingerprint density at radius 1 is 1.20 bits per heavy atom. The summed E-state index contributed by atoms with van der Waals surface area (Å²) in [4.78, 5) is 0. The van der Waals surface area contributed by atoms with Crippen molar-refractivity contribution in [3.63, 3.8) is 0 Å². The highest BCUT2D eigenvalue weighted by atomic mass is 32.2. The summed E-state index contributed by atoms with van der Waals surface area (Å²) < 4.78 is 11.9. The van der Waals surface area contributed by atoms with Gasteiger partial charge in [-0.05, 0) is 43.4 Å². The fraction of sp³-hybridized carbons (Fsp3) is 0.625. The predicted molar refractivity (Wildman–Crippen MR) is 84.2 cm³/mol. The molecule has 2 heterocycles. The summed E-state index contributed by atoms with van der Waals surface area (Å²) in [5, 5.41) is 3.44. The molecule has 0 aliphatic carbocycles. The second-order valence-electron chi connectivity index (χ2n) is 5.50. The van der Waals surface area contributed by atoms with Crippen LogP contribution in [-0.4, -0.2) is 37.8 Å². The first-order valence-corrected chi connectivity index (χ1v) is 8.66. The van der Waals surface area contributed by atoms with Crippen molar-refractivity contribution in [2.75, 3.05) is 31.7 Å². The lowest BCUT2D eigenvalue weighted by atomic mass is 9.97. The molecule has 0 spiro atoms. The third kappa shape index (κ3) is 3.07. The lowest BCUT2D eigenvalue weighted by Gasteiger charge is -2.26. The zero-order valence-electron chi connectivity index (χ0n) is 12.1. The van der Waals surface area contributed by atoms with Crippen molar-refractivity contribution in [1.82, 2.24) is 5.32 Å². The van der Waals surface area contributed by atoms with Crippen LogP contribution in [0.15, 0.2) is 18.2 Å². The van der Waals surface area contributed by atoms with Crippen LogP contribution in [0.4, 0.5) is 0 Å². The van der Waals surface area contributed by atoms with Crippen molar-refractivity contribution in [1.29, 1.82) is 0 Å². The number of benzene rings is 1. The SMILES string of the molecule is COc1cccc(C2CCNC2)c1OC1CCSCC1. The van der Waals surface area contributed by atoms with Gasteiger partial charge in [-0.15, -0.1) is 0 Å². The molecule has 0 amide bonds. The molecule has 4 heteroatoms. The zero-order valence-corrected chi connectivity index (χ0v) is 12.9. The van der Waals surface area contributed by atoms with Gasteiger partial charge in [-0.1, -0.05) is 12.1 Å². The van der Waals surface area contributed by atoms with Crippen LogP contribution in [0.3, 0.4) is 0 Å². The second kappa shape index (κ2) is 6.72. The molecule has 2 fully saturated rings. The maximum atomic E-state index is 6.35. The van der Waals surface area contributed by atoms with Crippen molar-refractivity contribution in [3.8, 4) is 11.5 Å². The smallest absolute Gasteiger partial charge is 0.165 e. The first-order valence-electron chi connectivity index (χ1n) is 7.50.